The Hall–Kier alpha value is -3.19. The molecule has 0 fully saturated rings. The maximum absolute atomic E-state index is 12.5. The lowest BCUT2D eigenvalue weighted by molar-refractivity contribution is -0.384. The molecular weight excluding hydrogens is 344 g/mol. The van der Waals surface area contributed by atoms with E-state index >= 15 is 0 Å². The van der Waals surface area contributed by atoms with Gasteiger partial charge < -0.3 is 14.8 Å². The molecule has 0 aliphatic carbocycles. The first-order chi connectivity index (χ1) is 12.9. The molecule has 140 valence electrons. The van der Waals surface area contributed by atoms with Gasteiger partial charge in [0.05, 0.1) is 11.0 Å². The van der Waals surface area contributed by atoms with E-state index in [9.17, 15) is 14.9 Å². The molecule has 0 spiro atoms. The van der Waals surface area contributed by atoms with Crippen molar-refractivity contribution in [2.45, 2.75) is 6.04 Å². The lowest BCUT2D eigenvalue weighted by Crippen LogP contribution is -2.34. The molecule has 3 rings (SSSR count). The van der Waals surface area contributed by atoms with Crippen molar-refractivity contribution >= 4 is 22.5 Å². The summed E-state index contributed by atoms with van der Waals surface area (Å²) < 4.78 is 2.07. The number of aromatic nitrogens is 1. The fourth-order valence-electron chi connectivity index (χ4n) is 3.26. The van der Waals surface area contributed by atoms with Gasteiger partial charge in [0.25, 0.3) is 11.6 Å². The highest BCUT2D eigenvalue weighted by molar-refractivity contribution is 5.94. The number of likely N-dealkylation sites (N-methyl/N-ethyl adjacent to an activating group) is 1. The Morgan fingerprint density at radius 2 is 1.96 bits per heavy atom. The Balaban J connectivity index is 1.82. The number of nitrogens with zero attached hydrogens (tertiary/aromatic N) is 3. The number of rotatable bonds is 6. The lowest BCUT2D eigenvalue weighted by atomic mass is 10.0. The number of para-hydroxylation sites is 1. The summed E-state index contributed by atoms with van der Waals surface area (Å²) in [6.07, 6.45) is 2.08. The van der Waals surface area contributed by atoms with Crippen LogP contribution in [0.4, 0.5) is 5.69 Å². The third-order valence-electron chi connectivity index (χ3n) is 4.69. The van der Waals surface area contributed by atoms with Crippen LogP contribution in [0.2, 0.25) is 0 Å². The number of fused-ring (bicyclic) bond motifs is 1. The molecule has 7 heteroatoms. The predicted octanol–water partition coefficient (Wildman–Crippen LogP) is 3.12. The molecule has 7 nitrogen and oxygen atoms in total. The summed E-state index contributed by atoms with van der Waals surface area (Å²) in [5.74, 6) is -0.328. The molecule has 3 aromatic rings. The maximum atomic E-state index is 12.5. The van der Waals surface area contributed by atoms with Crippen LogP contribution in [0.3, 0.4) is 0 Å². The van der Waals surface area contributed by atoms with Gasteiger partial charge in [0, 0.05) is 48.4 Å². The van der Waals surface area contributed by atoms with Crippen molar-refractivity contribution < 1.29 is 9.72 Å². The van der Waals surface area contributed by atoms with Crippen LogP contribution in [0.1, 0.15) is 22.0 Å². The summed E-state index contributed by atoms with van der Waals surface area (Å²) in [5.41, 5.74) is 2.43. The van der Waals surface area contributed by atoms with Crippen LogP contribution >= 0.6 is 0 Å². The topological polar surface area (TPSA) is 80.4 Å². The van der Waals surface area contributed by atoms with Crippen LogP contribution in [0.5, 0.6) is 0 Å². The van der Waals surface area contributed by atoms with E-state index < -0.39 is 4.92 Å². The summed E-state index contributed by atoms with van der Waals surface area (Å²) in [7, 11) is 5.93. The molecule has 27 heavy (non-hydrogen) atoms. The molecule has 1 aromatic heterocycles. The molecule has 0 aliphatic heterocycles. The highest BCUT2D eigenvalue weighted by Crippen LogP contribution is 2.28. The summed E-state index contributed by atoms with van der Waals surface area (Å²) in [5, 5.41) is 15.0. The van der Waals surface area contributed by atoms with Gasteiger partial charge >= 0.3 is 0 Å². The van der Waals surface area contributed by atoms with E-state index in [1.165, 1.54) is 18.2 Å². The standard InChI is InChI=1S/C20H22N4O3/c1-22(2)19(17-13-23(3)18-10-5-4-9-16(17)18)12-21-20(25)14-7-6-8-15(11-14)24(26)27/h4-11,13,19H,12H2,1-3H3,(H,21,25). The molecule has 2 aromatic carbocycles. The van der Waals surface area contributed by atoms with Crippen molar-refractivity contribution in [3.8, 4) is 0 Å². The molecular formula is C20H22N4O3. The zero-order valence-electron chi connectivity index (χ0n) is 15.5. The molecule has 1 N–H and O–H groups in total. The summed E-state index contributed by atoms with van der Waals surface area (Å²) in [6.45, 7) is 0.391. The second kappa shape index (κ2) is 7.59. The minimum Gasteiger partial charge on any atom is -0.350 e. The van der Waals surface area contributed by atoms with Crippen LogP contribution in [0.15, 0.2) is 54.7 Å². The first-order valence-corrected chi connectivity index (χ1v) is 8.61. The van der Waals surface area contributed by atoms with Gasteiger partial charge in [-0.25, -0.2) is 0 Å². The number of hydrogen-bond donors (Lipinski definition) is 1. The van der Waals surface area contributed by atoms with Crippen LogP contribution in [0, 0.1) is 10.1 Å². The lowest BCUT2D eigenvalue weighted by Gasteiger charge is -2.24. The van der Waals surface area contributed by atoms with Crippen molar-refractivity contribution in [1.82, 2.24) is 14.8 Å². The Bertz CT molecular complexity index is 994. The first kappa shape index (κ1) is 18.6. The van der Waals surface area contributed by atoms with E-state index in [-0.39, 0.29) is 23.2 Å². The van der Waals surface area contributed by atoms with Gasteiger partial charge in [0.1, 0.15) is 0 Å². The van der Waals surface area contributed by atoms with Crippen LogP contribution in [0.25, 0.3) is 10.9 Å². The maximum Gasteiger partial charge on any atom is 0.270 e. The fraction of sp³-hybridized carbons (Fsp3) is 0.250. The van der Waals surface area contributed by atoms with Gasteiger partial charge in [-0.05, 0) is 31.8 Å². The van der Waals surface area contributed by atoms with Crippen molar-refractivity contribution in [2.24, 2.45) is 7.05 Å². The zero-order chi connectivity index (χ0) is 19.6. The van der Waals surface area contributed by atoms with Crippen molar-refractivity contribution in [3.63, 3.8) is 0 Å². The number of aryl methyl sites for hydroxylation is 1. The second-order valence-corrected chi connectivity index (χ2v) is 6.71. The smallest absolute Gasteiger partial charge is 0.270 e. The molecule has 0 saturated heterocycles. The average molecular weight is 366 g/mol. The van der Waals surface area contributed by atoms with Crippen molar-refractivity contribution in [1.29, 1.82) is 0 Å². The van der Waals surface area contributed by atoms with Crippen LogP contribution < -0.4 is 5.32 Å². The molecule has 1 heterocycles. The van der Waals surface area contributed by atoms with Crippen molar-refractivity contribution in [3.05, 3.63) is 76.0 Å². The van der Waals surface area contributed by atoms with E-state index in [0.29, 0.717) is 6.54 Å². The third-order valence-corrected chi connectivity index (χ3v) is 4.69. The summed E-state index contributed by atoms with van der Waals surface area (Å²) in [6, 6.07) is 13.9. The van der Waals surface area contributed by atoms with Gasteiger partial charge in [0.15, 0.2) is 0 Å². The highest BCUT2D eigenvalue weighted by Gasteiger charge is 2.20. The quantitative estimate of drug-likeness (QED) is 0.537. The molecule has 1 amide bonds. The van der Waals surface area contributed by atoms with Gasteiger partial charge in [-0.1, -0.05) is 24.3 Å². The highest BCUT2D eigenvalue weighted by atomic mass is 16.6. The van der Waals surface area contributed by atoms with E-state index in [1.807, 2.05) is 33.3 Å². The number of hydrogen-bond acceptors (Lipinski definition) is 4. The van der Waals surface area contributed by atoms with Gasteiger partial charge in [-0.15, -0.1) is 0 Å². The Labute approximate surface area is 157 Å². The van der Waals surface area contributed by atoms with E-state index in [0.717, 1.165) is 16.5 Å². The number of nitrogens with one attached hydrogen (secondary N) is 1. The average Bonchev–Trinajstić information content (AvgIpc) is 2.98. The van der Waals surface area contributed by atoms with E-state index in [4.69, 9.17) is 0 Å². The van der Waals surface area contributed by atoms with Crippen LogP contribution in [-0.4, -0.2) is 40.9 Å². The van der Waals surface area contributed by atoms with Crippen LogP contribution in [-0.2, 0) is 7.05 Å². The molecule has 1 atom stereocenters. The second-order valence-electron chi connectivity index (χ2n) is 6.71. The Kier molecular flexibility index (Phi) is 5.23. The summed E-state index contributed by atoms with van der Waals surface area (Å²) >= 11 is 0. The number of carbonyl (C=O) groups excluding carboxylic acids is 1. The van der Waals surface area contributed by atoms with E-state index in [2.05, 4.69) is 33.1 Å². The minimum atomic E-state index is -0.504. The predicted molar refractivity (Wildman–Crippen MR) is 105 cm³/mol. The molecule has 0 saturated carbocycles. The number of benzene rings is 2. The SMILES string of the molecule is CN(C)C(CNC(=O)c1cccc([N+](=O)[O-])c1)c1cn(C)c2ccccc12. The molecule has 1 unspecified atom stereocenters. The fourth-order valence-corrected chi connectivity index (χ4v) is 3.26. The largest absolute Gasteiger partial charge is 0.350 e. The number of nitro groups is 1. The number of non-ortho nitro benzene ring substituents is 1. The van der Waals surface area contributed by atoms with E-state index in [1.54, 1.807) is 6.07 Å². The normalized spacial score (nSPS) is 12.3. The Morgan fingerprint density at radius 1 is 1.22 bits per heavy atom. The molecule has 0 bridgehead atoms. The minimum absolute atomic E-state index is 0.0289. The van der Waals surface area contributed by atoms with Gasteiger partial charge in [0.2, 0.25) is 0 Å². The van der Waals surface area contributed by atoms with Gasteiger partial charge in [-0.2, -0.15) is 0 Å². The number of nitro benzene ring substituents is 1. The zero-order valence-corrected chi connectivity index (χ0v) is 15.5. The molecule has 0 radical (unpaired) electrons. The number of amides is 1. The number of carbonyl (C=O) groups is 1. The summed E-state index contributed by atoms with van der Waals surface area (Å²) in [4.78, 5) is 24.9. The monoisotopic (exact) mass is 366 g/mol. The first-order valence-electron chi connectivity index (χ1n) is 8.61. The van der Waals surface area contributed by atoms with Gasteiger partial charge in [-0.3, -0.25) is 14.9 Å². The van der Waals surface area contributed by atoms with Crippen molar-refractivity contribution in [2.75, 3.05) is 20.6 Å². The third kappa shape index (κ3) is 3.83. The Morgan fingerprint density at radius 3 is 2.67 bits per heavy atom. The molecule has 0 aliphatic rings.